The van der Waals surface area contributed by atoms with Gasteiger partial charge in [-0.2, -0.15) is 0 Å². The van der Waals surface area contributed by atoms with Gasteiger partial charge in [-0.05, 0) is 26.4 Å². The lowest BCUT2D eigenvalue weighted by Gasteiger charge is -2.35. The van der Waals surface area contributed by atoms with Crippen molar-refractivity contribution in [2.24, 2.45) is 0 Å². The number of nitrogens with zero attached hydrogens (tertiary/aromatic N) is 2. The Morgan fingerprint density at radius 1 is 1.33 bits per heavy atom. The van der Waals surface area contributed by atoms with Crippen molar-refractivity contribution in [2.75, 3.05) is 39.8 Å². The van der Waals surface area contributed by atoms with Crippen LogP contribution in [0.15, 0.2) is 0 Å². The highest BCUT2D eigenvalue weighted by molar-refractivity contribution is 5.73. The fourth-order valence-corrected chi connectivity index (χ4v) is 2.90. The summed E-state index contributed by atoms with van der Waals surface area (Å²) in [5, 5.41) is 9.32. The van der Waals surface area contributed by atoms with E-state index >= 15 is 0 Å². The molecular formula is C13H24N2O3. The van der Waals surface area contributed by atoms with E-state index in [1.54, 1.807) is 0 Å². The number of likely N-dealkylation sites (N-methyl/N-ethyl adjacent to an activating group) is 1. The SMILES string of the molecule is CN1CCOC(CN2CCCCCC2C(=O)O)C1. The maximum atomic E-state index is 11.3. The molecule has 2 rings (SSSR count). The molecule has 0 aromatic rings. The zero-order valence-electron chi connectivity index (χ0n) is 11.2. The molecule has 5 nitrogen and oxygen atoms in total. The van der Waals surface area contributed by atoms with E-state index in [0.29, 0.717) is 0 Å². The van der Waals surface area contributed by atoms with Crippen molar-refractivity contribution in [2.45, 2.75) is 37.8 Å². The van der Waals surface area contributed by atoms with Crippen molar-refractivity contribution in [1.82, 2.24) is 9.80 Å². The van der Waals surface area contributed by atoms with Crippen molar-refractivity contribution < 1.29 is 14.6 Å². The highest BCUT2D eigenvalue weighted by atomic mass is 16.5. The molecule has 1 N–H and O–H groups in total. The minimum atomic E-state index is -0.680. The van der Waals surface area contributed by atoms with Crippen LogP contribution in [0.2, 0.25) is 0 Å². The van der Waals surface area contributed by atoms with Gasteiger partial charge >= 0.3 is 5.97 Å². The third kappa shape index (κ3) is 3.67. The summed E-state index contributed by atoms with van der Waals surface area (Å²) in [6, 6.07) is -0.316. The summed E-state index contributed by atoms with van der Waals surface area (Å²) in [6.07, 6.45) is 4.21. The van der Waals surface area contributed by atoms with Crippen molar-refractivity contribution in [3.05, 3.63) is 0 Å². The van der Waals surface area contributed by atoms with Crippen molar-refractivity contribution in [1.29, 1.82) is 0 Å². The summed E-state index contributed by atoms with van der Waals surface area (Å²) in [5.74, 6) is -0.680. The molecule has 0 saturated carbocycles. The summed E-state index contributed by atoms with van der Waals surface area (Å²) in [4.78, 5) is 15.7. The van der Waals surface area contributed by atoms with Gasteiger partial charge in [0.05, 0.1) is 12.7 Å². The molecule has 0 aliphatic carbocycles. The van der Waals surface area contributed by atoms with E-state index in [0.717, 1.165) is 58.5 Å². The van der Waals surface area contributed by atoms with E-state index in [1.165, 1.54) is 0 Å². The van der Waals surface area contributed by atoms with Gasteiger partial charge in [0.1, 0.15) is 6.04 Å². The average Bonchev–Trinajstić information content (AvgIpc) is 2.54. The zero-order chi connectivity index (χ0) is 13.0. The minimum absolute atomic E-state index is 0.156. The van der Waals surface area contributed by atoms with Gasteiger partial charge in [-0.1, -0.05) is 12.8 Å². The number of carboxylic acids is 1. The molecule has 2 fully saturated rings. The fourth-order valence-electron chi connectivity index (χ4n) is 2.90. The molecule has 0 bridgehead atoms. The first-order valence-electron chi connectivity index (χ1n) is 6.94. The van der Waals surface area contributed by atoms with Crippen LogP contribution in [-0.2, 0) is 9.53 Å². The zero-order valence-corrected chi connectivity index (χ0v) is 11.2. The van der Waals surface area contributed by atoms with E-state index < -0.39 is 5.97 Å². The Balaban J connectivity index is 1.93. The van der Waals surface area contributed by atoms with E-state index in [1.807, 2.05) is 0 Å². The standard InChI is InChI=1S/C13H24N2O3/c1-14-7-8-18-11(9-14)10-15-6-4-2-3-5-12(15)13(16)17/h11-12H,2-10H2,1H3,(H,16,17). The summed E-state index contributed by atoms with van der Waals surface area (Å²) >= 11 is 0. The number of hydrogen-bond donors (Lipinski definition) is 1. The third-order valence-corrected chi connectivity index (χ3v) is 3.93. The van der Waals surface area contributed by atoms with Gasteiger partial charge in [0.2, 0.25) is 0 Å². The smallest absolute Gasteiger partial charge is 0.320 e. The molecule has 0 aromatic heterocycles. The first-order chi connectivity index (χ1) is 8.66. The Kier molecular flexibility index (Phi) is 4.97. The van der Waals surface area contributed by atoms with E-state index in [-0.39, 0.29) is 12.1 Å². The quantitative estimate of drug-likeness (QED) is 0.803. The van der Waals surface area contributed by atoms with Crippen LogP contribution in [0.25, 0.3) is 0 Å². The van der Waals surface area contributed by atoms with Crippen LogP contribution >= 0.6 is 0 Å². The molecule has 2 aliphatic rings. The van der Waals surface area contributed by atoms with E-state index in [2.05, 4.69) is 16.8 Å². The Morgan fingerprint density at radius 2 is 2.17 bits per heavy atom. The van der Waals surface area contributed by atoms with Crippen molar-refractivity contribution in [3.63, 3.8) is 0 Å². The second-order valence-corrected chi connectivity index (χ2v) is 5.45. The second-order valence-electron chi connectivity index (χ2n) is 5.45. The summed E-state index contributed by atoms with van der Waals surface area (Å²) in [7, 11) is 2.09. The Hall–Kier alpha value is -0.650. The maximum Gasteiger partial charge on any atom is 0.320 e. The van der Waals surface area contributed by atoms with Crippen LogP contribution in [0.5, 0.6) is 0 Å². The number of likely N-dealkylation sites (tertiary alicyclic amines) is 1. The Morgan fingerprint density at radius 3 is 2.89 bits per heavy atom. The molecule has 104 valence electrons. The monoisotopic (exact) mass is 256 g/mol. The van der Waals surface area contributed by atoms with Gasteiger partial charge in [0.25, 0.3) is 0 Å². The number of carboxylic acid groups (broad SMARTS) is 1. The number of carbonyl (C=O) groups is 1. The molecule has 0 amide bonds. The molecule has 2 unspecified atom stereocenters. The van der Waals surface area contributed by atoms with E-state index in [9.17, 15) is 9.90 Å². The number of morpholine rings is 1. The maximum absolute atomic E-state index is 11.3. The average molecular weight is 256 g/mol. The molecule has 2 aliphatic heterocycles. The van der Waals surface area contributed by atoms with Gasteiger partial charge in [0, 0.05) is 19.6 Å². The number of aliphatic carboxylic acids is 1. The highest BCUT2D eigenvalue weighted by Gasteiger charge is 2.30. The number of ether oxygens (including phenoxy) is 1. The lowest BCUT2D eigenvalue weighted by atomic mass is 10.1. The van der Waals surface area contributed by atoms with Crippen LogP contribution in [0.3, 0.4) is 0 Å². The van der Waals surface area contributed by atoms with Crippen LogP contribution in [0.1, 0.15) is 25.7 Å². The molecule has 2 saturated heterocycles. The van der Waals surface area contributed by atoms with Gasteiger partial charge in [-0.25, -0.2) is 0 Å². The first kappa shape index (κ1) is 13.8. The molecule has 0 spiro atoms. The molecule has 2 atom stereocenters. The predicted molar refractivity (Wildman–Crippen MR) is 68.7 cm³/mol. The molecule has 18 heavy (non-hydrogen) atoms. The Bertz CT molecular complexity index is 285. The summed E-state index contributed by atoms with van der Waals surface area (Å²) < 4.78 is 5.74. The van der Waals surface area contributed by atoms with Crippen LogP contribution in [0.4, 0.5) is 0 Å². The molecular weight excluding hydrogens is 232 g/mol. The van der Waals surface area contributed by atoms with Crippen molar-refractivity contribution in [3.8, 4) is 0 Å². The fraction of sp³-hybridized carbons (Fsp3) is 0.923. The lowest BCUT2D eigenvalue weighted by molar-refractivity contribution is -0.144. The topological polar surface area (TPSA) is 53.0 Å². The van der Waals surface area contributed by atoms with Gasteiger partial charge in [-0.15, -0.1) is 0 Å². The van der Waals surface area contributed by atoms with Crippen LogP contribution in [0, 0.1) is 0 Å². The third-order valence-electron chi connectivity index (χ3n) is 3.93. The largest absolute Gasteiger partial charge is 0.480 e. The molecule has 5 heteroatoms. The number of rotatable bonds is 3. The minimum Gasteiger partial charge on any atom is -0.480 e. The van der Waals surface area contributed by atoms with Gasteiger partial charge in [-0.3, -0.25) is 9.69 Å². The van der Waals surface area contributed by atoms with Gasteiger partial charge < -0.3 is 14.7 Å². The van der Waals surface area contributed by atoms with Gasteiger partial charge in [0.15, 0.2) is 0 Å². The van der Waals surface area contributed by atoms with Crippen LogP contribution < -0.4 is 0 Å². The molecule has 0 aromatic carbocycles. The van der Waals surface area contributed by atoms with E-state index in [4.69, 9.17) is 4.74 Å². The van der Waals surface area contributed by atoms with Crippen molar-refractivity contribution >= 4 is 5.97 Å². The first-order valence-corrected chi connectivity index (χ1v) is 6.94. The second kappa shape index (κ2) is 6.50. The lowest BCUT2D eigenvalue weighted by Crippen LogP contribution is -2.50. The predicted octanol–water partition coefficient (Wildman–Crippen LogP) is 0.646. The van der Waals surface area contributed by atoms with Crippen LogP contribution in [-0.4, -0.2) is 72.9 Å². The normalized spacial score (nSPS) is 32.1. The summed E-state index contributed by atoms with van der Waals surface area (Å²) in [5.41, 5.74) is 0. The number of hydrogen-bond acceptors (Lipinski definition) is 4. The molecule has 0 radical (unpaired) electrons. The summed E-state index contributed by atoms with van der Waals surface area (Å²) in [6.45, 7) is 4.27. The Labute approximate surface area is 109 Å². The highest BCUT2D eigenvalue weighted by Crippen LogP contribution is 2.18. The molecule has 2 heterocycles.